The molecular formula is C13H21N3O. The minimum Gasteiger partial charge on any atom is -0.376 e. The summed E-state index contributed by atoms with van der Waals surface area (Å²) in [5.41, 5.74) is 1.03. The Morgan fingerprint density at radius 1 is 1.76 bits per heavy atom. The molecule has 2 heterocycles. The number of hydrogen-bond donors (Lipinski definition) is 1. The van der Waals surface area contributed by atoms with Gasteiger partial charge in [-0.2, -0.15) is 0 Å². The van der Waals surface area contributed by atoms with E-state index >= 15 is 0 Å². The monoisotopic (exact) mass is 235 g/mol. The molecule has 0 spiro atoms. The van der Waals surface area contributed by atoms with Gasteiger partial charge in [-0.3, -0.25) is 0 Å². The van der Waals surface area contributed by atoms with Crippen LogP contribution in [0.1, 0.15) is 31.5 Å². The molecule has 0 aliphatic carbocycles. The number of aromatic nitrogens is 2. The Kier molecular flexibility index (Phi) is 3.84. The molecule has 2 unspecified atom stereocenters. The largest absolute Gasteiger partial charge is 0.376 e. The lowest BCUT2D eigenvalue weighted by atomic mass is 10.1. The van der Waals surface area contributed by atoms with Crippen molar-refractivity contribution < 1.29 is 4.74 Å². The van der Waals surface area contributed by atoms with Crippen molar-refractivity contribution in [2.24, 2.45) is 0 Å². The summed E-state index contributed by atoms with van der Waals surface area (Å²) >= 11 is 0. The highest BCUT2D eigenvalue weighted by molar-refractivity contribution is 5.30. The highest BCUT2D eigenvalue weighted by atomic mass is 16.5. The maximum absolute atomic E-state index is 5.74. The van der Waals surface area contributed by atoms with Gasteiger partial charge >= 0.3 is 0 Å². The fourth-order valence-electron chi connectivity index (χ4n) is 2.28. The van der Waals surface area contributed by atoms with E-state index in [4.69, 9.17) is 4.74 Å². The van der Waals surface area contributed by atoms with Crippen molar-refractivity contribution in [2.75, 3.05) is 18.5 Å². The lowest BCUT2D eigenvalue weighted by Crippen LogP contribution is -2.22. The fraction of sp³-hybridized carbons (Fsp3) is 0.615. The first-order chi connectivity index (χ1) is 8.22. The van der Waals surface area contributed by atoms with Crippen LogP contribution in [-0.4, -0.2) is 28.8 Å². The molecule has 1 aromatic heterocycles. The maximum Gasteiger partial charge on any atom is 0.203 e. The number of hydrogen-bond acceptors (Lipinski definition) is 3. The zero-order valence-electron chi connectivity index (χ0n) is 10.6. The van der Waals surface area contributed by atoms with Crippen molar-refractivity contribution in [1.82, 2.24) is 9.55 Å². The molecule has 0 saturated carbocycles. The molecule has 1 N–H and O–H groups in total. The van der Waals surface area contributed by atoms with Crippen LogP contribution in [0.2, 0.25) is 0 Å². The summed E-state index contributed by atoms with van der Waals surface area (Å²) in [7, 11) is 0. The first-order valence-electron chi connectivity index (χ1n) is 6.24. The number of nitrogens with one attached hydrogen (secondary N) is 1. The molecule has 1 aromatic rings. The molecule has 0 bridgehead atoms. The summed E-state index contributed by atoms with van der Waals surface area (Å²) in [6.45, 7) is 9.53. The first-order valence-corrected chi connectivity index (χ1v) is 6.24. The molecule has 1 aliphatic heterocycles. The Bertz CT molecular complexity index is 380. The van der Waals surface area contributed by atoms with Gasteiger partial charge in [0.15, 0.2) is 0 Å². The average molecular weight is 235 g/mol. The first kappa shape index (κ1) is 12.2. The molecule has 2 atom stereocenters. The number of nitrogens with zero attached hydrogens (tertiary/aromatic N) is 2. The Morgan fingerprint density at radius 2 is 2.59 bits per heavy atom. The van der Waals surface area contributed by atoms with Gasteiger partial charge in [-0.15, -0.1) is 6.58 Å². The second kappa shape index (κ2) is 5.36. The molecule has 94 valence electrons. The zero-order valence-corrected chi connectivity index (χ0v) is 10.6. The third-order valence-corrected chi connectivity index (χ3v) is 3.20. The molecule has 2 rings (SSSR count). The van der Waals surface area contributed by atoms with E-state index in [-0.39, 0.29) is 0 Å². The van der Waals surface area contributed by atoms with Crippen molar-refractivity contribution >= 4 is 5.95 Å². The number of aryl methyl sites for hydroxylation is 1. The van der Waals surface area contributed by atoms with Gasteiger partial charge in [-0.1, -0.05) is 6.08 Å². The van der Waals surface area contributed by atoms with Crippen LogP contribution in [0.15, 0.2) is 18.9 Å². The van der Waals surface area contributed by atoms with E-state index in [2.05, 4.69) is 34.6 Å². The highest BCUT2D eigenvalue weighted by Crippen LogP contribution is 2.27. The SMILES string of the molecule is C=CCNc1nc(C)cn1C(C)C1CCCO1. The molecule has 0 amide bonds. The summed E-state index contributed by atoms with van der Waals surface area (Å²) in [4.78, 5) is 4.49. The van der Waals surface area contributed by atoms with Gasteiger partial charge in [0, 0.05) is 19.3 Å². The summed E-state index contributed by atoms with van der Waals surface area (Å²) in [5.74, 6) is 0.908. The normalized spacial score (nSPS) is 21.4. The number of anilines is 1. The molecule has 0 radical (unpaired) electrons. The van der Waals surface area contributed by atoms with Crippen LogP contribution in [0.3, 0.4) is 0 Å². The zero-order chi connectivity index (χ0) is 12.3. The summed E-state index contributed by atoms with van der Waals surface area (Å²) in [6.07, 6.45) is 6.54. The molecule has 1 fully saturated rings. The smallest absolute Gasteiger partial charge is 0.203 e. The predicted octanol–water partition coefficient (Wildman–Crippen LogP) is 2.53. The van der Waals surface area contributed by atoms with Crippen molar-refractivity contribution in [2.45, 2.75) is 38.8 Å². The summed E-state index contributed by atoms with van der Waals surface area (Å²) in [6, 6.07) is 0.325. The van der Waals surface area contributed by atoms with Crippen LogP contribution in [0.5, 0.6) is 0 Å². The van der Waals surface area contributed by atoms with Crippen molar-refractivity contribution in [3.05, 3.63) is 24.5 Å². The Hall–Kier alpha value is -1.29. The lowest BCUT2D eigenvalue weighted by molar-refractivity contribution is 0.0738. The minimum atomic E-state index is 0.313. The molecule has 17 heavy (non-hydrogen) atoms. The molecule has 1 aliphatic rings. The van der Waals surface area contributed by atoms with E-state index in [0.29, 0.717) is 12.1 Å². The van der Waals surface area contributed by atoms with Gasteiger partial charge in [0.1, 0.15) is 0 Å². The second-order valence-electron chi connectivity index (χ2n) is 4.57. The predicted molar refractivity (Wildman–Crippen MR) is 69.3 cm³/mol. The maximum atomic E-state index is 5.74. The van der Waals surface area contributed by atoms with Crippen molar-refractivity contribution in [3.63, 3.8) is 0 Å². The highest BCUT2D eigenvalue weighted by Gasteiger charge is 2.25. The van der Waals surface area contributed by atoms with E-state index < -0.39 is 0 Å². The second-order valence-corrected chi connectivity index (χ2v) is 4.57. The van der Waals surface area contributed by atoms with Gasteiger partial charge in [0.25, 0.3) is 0 Å². The Labute approximate surface area is 103 Å². The molecule has 0 aromatic carbocycles. The number of rotatable bonds is 5. The van der Waals surface area contributed by atoms with E-state index in [1.54, 1.807) is 0 Å². The van der Waals surface area contributed by atoms with Crippen LogP contribution < -0.4 is 5.32 Å². The fourth-order valence-corrected chi connectivity index (χ4v) is 2.28. The van der Waals surface area contributed by atoms with Crippen LogP contribution in [-0.2, 0) is 4.74 Å². The lowest BCUT2D eigenvalue weighted by Gasteiger charge is -2.22. The number of ether oxygens (including phenoxy) is 1. The van der Waals surface area contributed by atoms with Crippen LogP contribution in [0, 0.1) is 6.92 Å². The summed E-state index contributed by atoms with van der Waals surface area (Å²) in [5, 5.41) is 3.27. The quantitative estimate of drug-likeness (QED) is 0.797. The van der Waals surface area contributed by atoms with E-state index in [1.807, 2.05) is 13.0 Å². The third kappa shape index (κ3) is 2.69. The van der Waals surface area contributed by atoms with E-state index in [9.17, 15) is 0 Å². The van der Waals surface area contributed by atoms with Crippen LogP contribution >= 0.6 is 0 Å². The van der Waals surface area contributed by atoms with Crippen LogP contribution in [0.25, 0.3) is 0 Å². The van der Waals surface area contributed by atoms with Gasteiger partial charge in [0.05, 0.1) is 17.8 Å². The van der Waals surface area contributed by atoms with Crippen molar-refractivity contribution in [1.29, 1.82) is 0 Å². The number of imidazole rings is 1. The Morgan fingerprint density at radius 3 is 3.24 bits per heavy atom. The van der Waals surface area contributed by atoms with Gasteiger partial charge in [-0.25, -0.2) is 4.98 Å². The van der Waals surface area contributed by atoms with Gasteiger partial charge in [-0.05, 0) is 26.7 Å². The molecule has 4 heteroatoms. The van der Waals surface area contributed by atoms with E-state index in [1.165, 1.54) is 0 Å². The standard InChI is InChI=1S/C13H21N3O/c1-4-7-14-13-15-10(2)9-16(13)11(3)12-6-5-8-17-12/h4,9,11-12H,1,5-8H2,2-3H3,(H,14,15). The third-order valence-electron chi connectivity index (χ3n) is 3.20. The van der Waals surface area contributed by atoms with Gasteiger partial charge in [0.2, 0.25) is 5.95 Å². The minimum absolute atomic E-state index is 0.313. The molecule has 1 saturated heterocycles. The van der Waals surface area contributed by atoms with E-state index in [0.717, 1.165) is 37.6 Å². The Balaban J connectivity index is 2.14. The topological polar surface area (TPSA) is 39.1 Å². The molecule has 4 nitrogen and oxygen atoms in total. The van der Waals surface area contributed by atoms with Crippen LogP contribution in [0.4, 0.5) is 5.95 Å². The molecular weight excluding hydrogens is 214 g/mol. The van der Waals surface area contributed by atoms with Crippen molar-refractivity contribution in [3.8, 4) is 0 Å². The average Bonchev–Trinajstić information content (AvgIpc) is 2.94. The van der Waals surface area contributed by atoms with Gasteiger partial charge < -0.3 is 14.6 Å². The summed E-state index contributed by atoms with van der Waals surface area (Å²) < 4.78 is 7.92.